The van der Waals surface area contributed by atoms with E-state index in [4.69, 9.17) is 4.74 Å². The number of hydrogen-bond acceptors (Lipinski definition) is 4. The zero-order valence-corrected chi connectivity index (χ0v) is 15.4. The van der Waals surface area contributed by atoms with Crippen molar-refractivity contribution >= 4 is 17.7 Å². The molecule has 1 aliphatic carbocycles. The molecule has 0 aliphatic heterocycles. The normalized spacial score (nSPS) is 15.7. The standard InChI is InChI=1S/C21H27NO4/c1-16(2)20(25)26-14-13-22-18(23)15-21(11-7-4-8-12-21)19(24)17-9-5-3-6-10-17/h3,5-6,9-10H,1,4,7-8,11-15H2,2H3,(H,22,23). The molecule has 1 fully saturated rings. The lowest BCUT2D eigenvalue weighted by atomic mass is 9.67. The molecule has 0 saturated heterocycles. The summed E-state index contributed by atoms with van der Waals surface area (Å²) in [5, 5.41) is 2.76. The van der Waals surface area contributed by atoms with Crippen molar-refractivity contribution < 1.29 is 19.1 Å². The molecule has 1 saturated carbocycles. The summed E-state index contributed by atoms with van der Waals surface area (Å²) in [4.78, 5) is 36.8. The number of esters is 1. The molecular weight excluding hydrogens is 330 g/mol. The van der Waals surface area contributed by atoms with E-state index in [1.54, 1.807) is 6.92 Å². The molecule has 1 aliphatic rings. The van der Waals surface area contributed by atoms with E-state index >= 15 is 0 Å². The quantitative estimate of drug-likeness (QED) is 0.335. The maximum atomic E-state index is 13.1. The van der Waals surface area contributed by atoms with Gasteiger partial charge in [-0.1, -0.05) is 56.2 Å². The van der Waals surface area contributed by atoms with Crippen LogP contribution in [0.3, 0.4) is 0 Å². The van der Waals surface area contributed by atoms with Gasteiger partial charge in [-0.2, -0.15) is 0 Å². The molecular formula is C21H27NO4. The highest BCUT2D eigenvalue weighted by Gasteiger charge is 2.41. The van der Waals surface area contributed by atoms with Gasteiger partial charge in [0.15, 0.2) is 5.78 Å². The minimum absolute atomic E-state index is 0.0571. The van der Waals surface area contributed by atoms with Gasteiger partial charge in [-0.05, 0) is 19.8 Å². The number of carbonyl (C=O) groups excluding carboxylic acids is 3. The molecule has 1 amide bonds. The fourth-order valence-corrected chi connectivity index (χ4v) is 3.44. The van der Waals surface area contributed by atoms with Gasteiger partial charge >= 0.3 is 5.97 Å². The summed E-state index contributed by atoms with van der Waals surface area (Å²) in [6.07, 6.45) is 4.67. The van der Waals surface area contributed by atoms with Crippen molar-refractivity contribution in [1.82, 2.24) is 5.32 Å². The van der Waals surface area contributed by atoms with Gasteiger partial charge in [-0.15, -0.1) is 0 Å². The molecule has 5 nitrogen and oxygen atoms in total. The second-order valence-corrected chi connectivity index (χ2v) is 6.98. The zero-order chi connectivity index (χ0) is 19.0. The highest BCUT2D eigenvalue weighted by Crippen LogP contribution is 2.42. The molecule has 1 aromatic carbocycles. The van der Waals surface area contributed by atoms with Crippen LogP contribution in [-0.2, 0) is 14.3 Å². The van der Waals surface area contributed by atoms with Crippen LogP contribution in [0.25, 0.3) is 0 Å². The van der Waals surface area contributed by atoms with E-state index in [0.717, 1.165) is 32.1 Å². The van der Waals surface area contributed by atoms with Gasteiger partial charge in [-0.3, -0.25) is 9.59 Å². The molecule has 26 heavy (non-hydrogen) atoms. The molecule has 5 heteroatoms. The predicted molar refractivity (Wildman–Crippen MR) is 99.7 cm³/mol. The van der Waals surface area contributed by atoms with E-state index < -0.39 is 11.4 Å². The molecule has 0 spiro atoms. The Bertz CT molecular complexity index is 660. The van der Waals surface area contributed by atoms with Crippen molar-refractivity contribution in [1.29, 1.82) is 0 Å². The lowest BCUT2D eigenvalue weighted by molar-refractivity contribution is -0.139. The largest absolute Gasteiger partial charge is 0.460 e. The molecule has 0 heterocycles. The number of ketones is 1. The van der Waals surface area contributed by atoms with Crippen LogP contribution in [0, 0.1) is 5.41 Å². The first-order valence-corrected chi connectivity index (χ1v) is 9.14. The molecule has 2 rings (SSSR count). The van der Waals surface area contributed by atoms with Crippen molar-refractivity contribution in [3.05, 3.63) is 48.0 Å². The molecule has 0 bridgehead atoms. The summed E-state index contributed by atoms with van der Waals surface area (Å²) in [7, 11) is 0. The molecule has 0 radical (unpaired) electrons. The third kappa shape index (κ3) is 5.28. The predicted octanol–water partition coefficient (Wildman–Crippen LogP) is 3.45. The average molecular weight is 357 g/mol. The number of Topliss-reactive ketones (excluding diaryl/α,β-unsaturated/α-hetero) is 1. The Balaban J connectivity index is 1.95. The van der Waals surface area contributed by atoms with Crippen LogP contribution < -0.4 is 5.32 Å². The van der Waals surface area contributed by atoms with Gasteiger partial charge in [0.05, 0.1) is 6.54 Å². The van der Waals surface area contributed by atoms with Crippen LogP contribution in [0.15, 0.2) is 42.5 Å². The third-order valence-electron chi connectivity index (χ3n) is 4.83. The number of hydrogen-bond donors (Lipinski definition) is 1. The summed E-state index contributed by atoms with van der Waals surface area (Å²) >= 11 is 0. The summed E-state index contributed by atoms with van der Waals surface area (Å²) in [5.41, 5.74) is 0.362. The van der Waals surface area contributed by atoms with E-state index in [9.17, 15) is 14.4 Å². The van der Waals surface area contributed by atoms with E-state index in [2.05, 4.69) is 11.9 Å². The van der Waals surface area contributed by atoms with Crippen LogP contribution in [0.5, 0.6) is 0 Å². The van der Waals surface area contributed by atoms with Gasteiger partial charge in [0.2, 0.25) is 5.91 Å². The van der Waals surface area contributed by atoms with E-state index in [-0.39, 0.29) is 31.3 Å². The molecule has 140 valence electrons. The Kier molecular flexibility index (Phi) is 7.13. The number of amides is 1. The van der Waals surface area contributed by atoms with Crippen LogP contribution >= 0.6 is 0 Å². The van der Waals surface area contributed by atoms with Crippen molar-refractivity contribution in [3.63, 3.8) is 0 Å². The van der Waals surface area contributed by atoms with Crippen molar-refractivity contribution in [2.24, 2.45) is 5.41 Å². The Hall–Kier alpha value is -2.43. The SMILES string of the molecule is C=C(C)C(=O)OCCNC(=O)CC1(C(=O)c2ccccc2)CCCCC1. The number of carbonyl (C=O) groups is 3. The van der Waals surface area contributed by atoms with Crippen LogP contribution in [-0.4, -0.2) is 30.8 Å². The first-order chi connectivity index (χ1) is 12.4. The first kappa shape index (κ1) is 19.9. The second kappa shape index (κ2) is 9.32. The highest BCUT2D eigenvalue weighted by atomic mass is 16.5. The molecule has 0 unspecified atom stereocenters. The minimum Gasteiger partial charge on any atom is -0.460 e. The fourth-order valence-electron chi connectivity index (χ4n) is 3.44. The monoisotopic (exact) mass is 357 g/mol. The van der Waals surface area contributed by atoms with Crippen LogP contribution in [0.1, 0.15) is 55.8 Å². The van der Waals surface area contributed by atoms with Gasteiger partial charge < -0.3 is 10.1 Å². The molecule has 0 atom stereocenters. The maximum absolute atomic E-state index is 13.1. The van der Waals surface area contributed by atoms with Crippen molar-refractivity contribution in [3.8, 4) is 0 Å². The number of ether oxygens (including phenoxy) is 1. The van der Waals surface area contributed by atoms with E-state index in [0.29, 0.717) is 11.1 Å². The minimum atomic E-state index is -0.627. The van der Waals surface area contributed by atoms with Crippen molar-refractivity contribution in [2.45, 2.75) is 45.4 Å². The lowest BCUT2D eigenvalue weighted by Crippen LogP contribution is -2.40. The van der Waals surface area contributed by atoms with Crippen LogP contribution in [0.4, 0.5) is 0 Å². The highest BCUT2D eigenvalue weighted by molar-refractivity contribution is 6.02. The zero-order valence-electron chi connectivity index (χ0n) is 15.4. The summed E-state index contributed by atoms with van der Waals surface area (Å²) in [6, 6.07) is 9.20. The summed E-state index contributed by atoms with van der Waals surface area (Å²) in [5.74, 6) is -0.591. The smallest absolute Gasteiger partial charge is 0.333 e. The van der Waals surface area contributed by atoms with Crippen LogP contribution in [0.2, 0.25) is 0 Å². The molecule has 1 aromatic rings. The van der Waals surface area contributed by atoms with Gasteiger partial charge in [0.1, 0.15) is 6.61 Å². The number of rotatable bonds is 8. The van der Waals surface area contributed by atoms with E-state index in [1.807, 2.05) is 30.3 Å². The molecule has 1 N–H and O–H groups in total. The number of benzene rings is 1. The second-order valence-electron chi connectivity index (χ2n) is 6.98. The Morgan fingerprint density at radius 2 is 1.77 bits per heavy atom. The summed E-state index contributed by atoms with van der Waals surface area (Å²) in [6.45, 7) is 5.40. The lowest BCUT2D eigenvalue weighted by Gasteiger charge is -2.35. The Morgan fingerprint density at radius 3 is 2.38 bits per heavy atom. The van der Waals surface area contributed by atoms with Gasteiger partial charge in [0, 0.05) is 23.0 Å². The topological polar surface area (TPSA) is 72.5 Å². The maximum Gasteiger partial charge on any atom is 0.333 e. The third-order valence-corrected chi connectivity index (χ3v) is 4.83. The van der Waals surface area contributed by atoms with Gasteiger partial charge in [0.25, 0.3) is 0 Å². The average Bonchev–Trinajstić information content (AvgIpc) is 2.65. The molecule has 0 aromatic heterocycles. The van der Waals surface area contributed by atoms with Crippen molar-refractivity contribution in [2.75, 3.05) is 13.2 Å². The van der Waals surface area contributed by atoms with E-state index in [1.165, 1.54) is 0 Å². The van der Waals surface area contributed by atoms with Gasteiger partial charge in [-0.25, -0.2) is 4.79 Å². The first-order valence-electron chi connectivity index (χ1n) is 9.14. The summed E-state index contributed by atoms with van der Waals surface area (Å²) < 4.78 is 4.97. The Morgan fingerprint density at radius 1 is 1.12 bits per heavy atom. The Labute approximate surface area is 154 Å². The fraction of sp³-hybridized carbons (Fsp3) is 0.476. The number of nitrogens with one attached hydrogen (secondary N) is 1.